The lowest BCUT2D eigenvalue weighted by Crippen LogP contribution is -2.40. The van der Waals surface area contributed by atoms with Crippen molar-refractivity contribution in [3.05, 3.63) is 29.6 Å². The monoisotopic (exact) mass is 280 g/mol. The summed E-state index contributed by atoms with van der Waals surface area (Å²) in [7, 11) is 0. The number of nitrogens with one attached hydrogen (secondary N) is 2. The van der Waals surface area contributed by atoms with Crippen molar-refractivity contribution in [2.45, 2.75) is 31.7 Å². The maximum Gasteiger partial charge on any atom is 0.340 e. The fraction of sp³-hybridized carbons (Fsp3) is 0.429. The van der Waals surface area contributed by atoms with Crippen molar-refractivity contribution in [1.29, 1.82) is 0 Å². The Balaban J connectivity index is 2.15. The maximum atomic E-state index is 13.5. The maximum absolute atomic E-state index is 13.5. The van der Waals surface area contributed by atoms with Crippen LogP contribution in [0.2, 0.25) is 0 Å². The summed E-state index contributed by atoms with van der Waals surface area (Å²) in [5.74, 6) is -2.57. The second kappa shape index (κ2) is 6.47. The smallest absolute Gasteiger partial charge is 0.340 e. The molecule has 20 heavy (non-hydrogen) atoms. The molecule has 0 spiro atoms. The predicted octanol–water partition coefficient (Wildman–Crippen LogP) is 1.99. The van der Waals surface area contributed by atoms with Crippen LogP contribution >= 0.6 is 0 Å². The molecule has 1 heterocycles. The van der Waals surface area contributed by atoms with Crippen molar-refractivity contribution >= 4 is 17.6 Å². The molecule has 2 rings (SSSR count). The zero-order chi connectivity index (χ0) is 14.5. The summed E-state index contributed by atoms with van der Waals surface area (Å²) in [6.07, 6.45) is 3.73. The Morgan fingerprint density at radius 3 is 2.85 bits per heavy atom. The number of carbonyl (C=O) groups is 2. The number of amides is 1. The van der Waals surface area contributed by atoms with E-state index in [1.54, 1.807) is 0 Å². The molecule has 1 amide bonds. The van der Waals surface area contributed by atoms with Gasteiger partial charge in [-0.2, -0.15) is 0 Å². The van der Waals surface area contributed by atoms with E-state index in [-0.39, 0.29) is 17.6 Å². The average Bonchev–Trinajstić information content (AvgIpc) is 2.67. The molecule has 6 heteroatoms. The van der Waals surface area contributed by atoms with E-state index in [0.29, 0.717) is 6.42 Å². The van der Waals surface area contributed by atoms with E-state index in [2.05, 4.69) is 10.6 Å². The van der Waals surface area contributed by atoms with E-state index in [9.17, 15) is 14.0 Å². The molecule has 1 atom stereocenters. The molecule has 0 saturated carbocycles. The molecule has 3 N–H and O–H groups in total. The van der Waals surface area contributed by atoms with E-state index >= 15 is 0 Å². The minimum Gasteiger partial charge on any atom is -0.478 e. The van der Waals surface area contributed by atoms with Crippen molar-refractivity contribution in [3.63, 3.8) is 0 Å². The number of anilines is 1. The Hall–Kier alpha value is -1.95. The van der Waals surface area contributed by atoms with Gasteiger partial charge < -0.3 is 15.7 Å². The van der Waals surface area contributed by atoms with Gasteiger partial charge in [-0.15, -0.1) is 0 Å². The Kier molecular flexibility index (Phi) is 4.68. The van der Waals surface area contributed by atoms with Gasteiger partial charge in [0.15, 0.2) is 0 Å². The third-order valence-electron chi connectivity index (χ3n) is 3.36. The van der Waals surface area contributed by atoms with Gasteiger partial charge in [0.25, 0.3) is 0 Å². The minimum absolute atomic E-state index is 0.00598. The first-order chi connectivity index (χ1) is 9.59. The quantitative estimate of drug-likeness (QED) is 0.791. The van der Waals surface area contributed by atoms with Gasteiger partial charge in [-0.1, -0.05) is 18.9 Å². The van der Waals surface area contributed by atoms with E-state index in [1.807, 2.05) is 0 Å². The van der Waals surface area contributed by atoms with E-state index in [1.165, 1.54) is 12.1 Å². The Bertz CT molecular complexity index is 511. The van der Waals surface area contributed by atoms with Gasteiger partial charge in [-0.05, 0) is 31.5 Å². The lowest BCUT2D eigenvalue weighted by atomic mass is 10.1. The van der Waals surface area contributed by atoms with Crippen LogP contribution in [0.15, 0.2) is 18.2 Å². The first-order valence-corrected chi connectivity index (χ1v) is 6.65. The summed E-state index contributed by atoms with van der Waals surface area (Å²) in [4.78, 5) is 23.2. The molecule has 1 fully saturated rings. The molecule has 5 nitrogen and oxygen atoms in total. The second-order valence-corrected chi connectivity index (χ2v) is 4.81. The van der Waals surface area contributed by atoms with Crippen LogP contribution in [0, 0.1) is 5.82 Å². The van der Waals surface area contributed by atoms with E-state index in [0.717, 1.165) is 31.9 Å². The van der Waals surface area contributed by atoms with Crippen molar-refractivity contribution < 1.29 is 19.1 Å². The number of carbonyl (C=O) groups excluding carboxylic acids is 1. The molecule has 0 aromatic heterocycles. The topological polar surface area (TPSA) is 78.4 Å². The molecule has 1 aliphatic rings. The summed E-state index contributed by atoms with van der Waals surface area (Å²) in [6, 6.07) is 3.46. The number of carboxylic acids is 1. The molecule has 0 aliphatic carbocycles. The lowest BCUT2D eigenvalue weighted by molar-refractivity contribution is -0.118. The van der Waals surface area contributed by atoms with Crippen LogP contribution in [0.5, 0.6) is 0 Å². The largest absolute Gasteiger partial charge is 0.478 e. The molecule has 1 unspecified atom stereocenters. The van der Waals surface area contributed by atoms with Crippen LogP contribution in [0.25, 0.3) is 0 Å². The molecule has 1 aromatic rings. The van der Waals surface area contributed by atoms with Gasteiger partial charge >= 0.3 is 5.97 Å². The summed E-state index contributed by atoms with van der Waals surface area (Å²) >= 11 is 0. The van der Waals surface area contributed by atoms with Crippen molar-refractivity contribution in [3.8, 4) is 0 Å². The Morgan fingerprint density at radius 2 is 2.10 bits per heavy atom. The highest BCUT2D eigenvalue weighted by Crippen LogP contribution is 2.20. The Labute approximate surface area is 116 Å². The highest BCUT2D eigenvalue weighted by Gasteiger charge is 2.22. The fourth-order valence-electron chi connectivity index (χ4n) is 2.32. The SMILES string of the molecule is O=C(O)c1c(F)cccc1NC(=O)C1CCCCCN1. The third-order valence-corrected chi connectivity index (χ3v) is 3.36. The zero-order valence-electron chi connectivity index (χ0n) is 11.0. The zero-order valence-corrected chi connectivity index (χ0v) is 11.0. The van der Waals surface area contributed by atoms with E-state index in [4.69, 9.17) is 5.11 Å². The molecule has 0 bridgehead atoms. The summed E-state index contributed by atoms with van der Waals surface area (Å²) in [6.45, 7) is 0.757. The van der Waals surface area contributed by atoms with Crippen LogP contribution in [-0.2, 0) is 4.79 Å². The number of carboxylic acid groups (broad SMARTS) is 1. The van der Waals surface area contributed by atoms with Gasteiger partial charge in [0.1, 0.15) is 11.4 Å². The van der Waals surface area contributed by atoms with Crippen molar-refractivity contribution in [1.82, 2.24) is 5.32 Å². The molecule has 1 aromatic carbocycles. The number of hydrogen-bond donors (Lipinski definition) is 3. The number of benzene rings is 1. The highest BCUT2D eigenvalue weighted by atomic mass is 19.1. The van der Waals surface area contributed by atoms with Crippen LogP contribution in [-0.4, -0.2) is 29.6 Å². The summed E-state index contributed by atoms with van der Waals surface area (Å²) in [5.41, 5.74) is -0.511. The number of rotatable bonds is 3. The highest BCUT2D eigenvalue weighted by molar-refractivity contribution is 6.02. The summed E-state index contributed by atoms with van der Waals surface area (Å²) < 4.78 is 13.5. The van der Waals surface area contributed by atoms with Gasteiger partial charge in [0, 0.05) is 0 Å². The minimum atomic E-state index is -1.40. The molecular formula is C14H17FN2O3. The second-order valence-electron chi connectivity index (χ2n) is 4.81. The standard InChI is InChI=1S/C14H17FN2O3/c15-9-5-4-7-10(12(9)14(19)20)17-13(18)11-6-2-1-3-8-16-11/h4-5,7,11,16H,1-3,6,8H2,(H,17,18)(H,19,20). The average molecular weight is 280 g/mol. The fourth-order valence-corrected chi connectivity index (χ4v) is 2.32. The predicted molar refractivity (Wildman–Crippen MR) is 72.2 cm³/mol. The van der Waals surface area contributed by atoms with Gasteiger partial charge in [0.05, 0.1) is 11.7 Å². The normalized spacial score (nSPS) is 19.1. The number of hydrogen-bond acceptors (Lipinski definition) is 3. The molecular weight excluding hydrogens is 263 g/mol. The number of halogens is 1. The van der Waals surface area contributed by atoms with Crippen molar-refractivity contribution in [2.24, 2.45) is 0 Å². The van der Waals surface area contributed by atoms with Gasteiger partial charge in [-0.3, -0.25) is 4.79 Å². The first-order valence-electron chi connectivity index (χ1n) is 6.65. The molecule has 1 aliphatic heterocycles. The number of aromatic carboxylic acids is 1. The van der Waals surface area contributed by atoms with Crippen LogP contribution in [0.1, 0.15) is 36.0 Å². The lowest BCUT2D eigenvalue weighted by Gasteiger charge is -2.16. The van der Waals surface area contributed by atoms with Gasteiger partial charge in [0.2, 0.25) is 5.91 Å². The Morgan fingerprint density at radius 1 is 1.30 bits per heavy atom. The summed E-state index contributed by atoms with van der Waals surface area (Å²) in [5, 5.41) is 14.6. The van der Waals surface area contributed by atoms with E-state index < -0.39 is 17.3 Å². The molecule has 108 valence electrons. The third kappa shape index (κ3) is 3.33. The van der Waals surface area contributed by atoms with Gasteiger partial charge in [-0.25, -0.2) is 9.18 Å². The van der Waals surface area contributed by atoms with Crippen LogP contribution in [0.3, 0.4) is 0 Å². The molecule has 1 saturated heterocycles. The first kappa shape index (κ1) is 14.5. The van der Waals surface area contributed by atoms with Crippen LogP contribution < -0.4 is 10.6 Å². The molecule has 0 radical (unpaired) electrons. The van der Waals surface area contributed by atoms with Crippen molar-refractivity contribution in [2.75, 3.05) is 11.9 Å². The van der Waals surface area contributed by atoms with Crippen LogP contribution in [0.4, 0.5) is 10.1 Å².